The molecule has 0 saturated carbocycles. The van der Waals surface area contributed by atoms with Gasteiger partial charge < -0.3 is 9.80 Å². The molecule has 1 atom stereocenters. The summed E-state index contributed by atoms with van der Waals surface area (Å²) < 4.78 is 54.2. The maximum Gasteiger partial charge on any atom is 0.419 e. The summed E-state index contributed by atoms with van der Waals surface area (Å²) in [6, 6.07) is 2.38. The van der Waals surface area contributed by atoms with E-state index in [4.69, 9.17) is 0 Å². The van der Waals surface area contributed by atoms with Crippen molar-refractivity contribution in [2.45, 2.75) is 51.5 Å². The molecule has 0 bridgehead atoms. The average Bonchev–Trinajstić information content (AvgIpc) is 3.26. The fourth-order valence-corrected chi connectivity index (χ4v) is 4.02. The Bertz CT molecular complexity index is 1000. The van der Waals surface area contributed by atoms with Gasteiger partial charge in [-0.05, 0) is 31.0 Å². The fourth-order valence-electron chi connectivity index (χ4n) is 4.02. The predicted molar refractivity (Wildman–Crippen MR) is 98.9 cm³/mol. The summed E-state index contributed by atoms with van der Waals surface area (Å²) in [5, 5.41) is 4.33. The Balaban J connectivity index is 1.55. The van der Waals surface area contributed by atoms with E-state index in [0.717, 1.165) is 18.2 Å². The van der Waals surface area contributed by atoms with Crippen LogP contribution in [0.4, 0.5) is 23.2 Å². The van der Waals surface area contributed by atoms with Crippen molar-refractivity contribution in [3.63, 3.8) is 0 Å². The maximum absolute atomic E-state index is 13.5. The molecule has 4 rings (SSSR count). The van der Waals surface area contributed by atoms with Crippen molar-refractivity contribution >= 4 is 17.5 Å². The van der Waals surface area contributed by atoms with Crippen LogP contribution in [0.3, 0.4) is 0 Å². The third-order valence-electron chi connectivity index (χ3n) is 5.59. The number of aromatic nitrogens is 2. The highest BCUT2D eigenvalue weighted by atomic mass is 19.4. The molecule has 1 fully saturated rings. The van der Waals surface area contributed by atoms with Gasteiger partial charge in [0.15, 0.2) is 0 Å². The predicted octanol–water partition coefficient (Wildman–Crippen LogP) is 3.14. The molecule has 2 aromatic rings. The normalized spacial score (nSPS) is 19.4. The summed E-state index contributed by atoms with van der Waals surface area (Å²) in [6.45, 7) is 3.04. The topological polar surface area (TPSA) is 58.4 Å². The van der Waals surface area contributed by atoms with Crippen LogP contribution in [0.5, 0.6) is 0 Å². The highest BCUT2D eigenvalue weighted by molar-refractivity contribution is 5.95. The summed E-state index contributed by atoms with van der Waals surface area (Å²) in [7, 11) is 0. The van der Waals surface area contributed by atoms with Crippen LogP contribution in [0.1, 0.15) is 36.6 Å². The number of hydrogen-bond donors (Lipinski definition) is 0. The Labute approximate surface area is 170 Å². The summed E-state index contributed by atoms with van der Waals surface area (Å²) in [4.78, 5) is 28.2. The van der Waals surface area contributed by atoms with E-state index >= 15 is 0 Å². The molecule has 30 heavy (non-hydrogen) atoms. The molecular weight excluding hydrogens is 404 g/mol. The molecule has 0 spiro atoms. The van der Waals surface area contributed by atoms with Crippen LogP contribution in [0.25, 0.3) is 0 Å². The van der Waals surface area contributed by atoms with Gasteiger partial charge in [0.25, 0.3) is 0 Å². The van der Waals surface area contributed by atoms with Crippen LogP contribution >= 0.6 is 0 Å². The first-order chi connectivity index (χ1) is 14.1. The molecule has 2 aliphatic heterocycles. The van der Waals surface area contributed by atoms with E-state index in [2.05, 4.69) is 5.10 Å². The number of carbonyl (C=O) groups excluding carboxylic acids is 2. The number of halogens is 4. The number of nitrogens with zero attached hydrogens (tertiary/aromatic N) is 4. The lowest BCUT2D eigenvalue weighted by Gasteiger charge is -2.35. The zero-order valence-corrected chi connectivity index (χ0v) is 16.2. The molecule has 1 aromatic heterocycles. The Morgan fingerprint density at radius 2 is 2.07 bits per heavy atom. The number of hydrogen-bond acceptors (Lipinski definition) is 3. The number of amides is 2. The third-order valence-corrected chi connectivity index (χ3v) is 5.59. The number of fused-ring (bicyclic) bond motifs is 1. The van der Waals surface area contributed by atoms with Gasteiger partial charge in [-0.2, -0.15) is 18.3 Å². The van der Waals surface area contributed by atoms with E-state index in [0.29, 0.717) is 31.3 Å². The van der Waals surface area contributed by atoms with Crippen molar-refractivity contribution in [1.82, 2.24) is 14.7 Å². The molecule has 0 aliphatic carbocycles. The second kappa shape index (κ2) is 7.41. The van der Waals surface area contributed by atoms with Gasteiger partial charge in [-0.1, -0.05) is 6.07 Å². The van der Waals surface area contributed by atoms with Gasteiger partial charge in [-0.25, -0.2) is 4.39 Å². The van der Waals surface area contributed by atoms with Crippen molar-refractivity contribution in [2.24, 2.45) is 0 Å². The number of carbonyl (C=O) groups is 2. The first kappa shape index (κ1) is 20.4. The molecule has 2 amide bonds. The van der Waals surface area contributed by atoms with Gasteiger partial charge in [0.2, 0.25) is 11.8 Å². The Morgan fingerprint density at radius 3 is 2.73 bits per heavy atom. The number of benzene rings is 1. The third kappa shape index (κ3) is 3.66. The fraction of sp³-hybridized carbons (Fsp3) is 0.450. The van der Waals surface area contributed by atoms with E-state index in [1.807, 2.05) is 6.92 Å². The Hall–Kier alpha value is -2.91. The van der Waals surface area contributed by atoms with E-state index in [-0.39, 0.29) is 36.4 Å². The quantitative estimate of drug-likeness (QED) is 0.712. The number of alkyl halides is 3. The van der Waals surface area contributed by atoms with Crippen molar-refractivity contribution in [3.05, 3.63) is 47.0 Å². The molecule has 1 unspecified atom stereocenters. The van der Waals surface area contributed by atoms with E-state index in [9.17, 15) is 27.2 Å². The summed E-state index contributed by atoms with van der Waals surface area (Å²) in [6.07, 6.45) is -2.26. The Morgan fingerprint density at radius 1 is 1.30 bits per heavy atom. The molecule has 6 nitrogen and oxygen atoms in total. The smallest absolute Gasteiger partial charge is 0.332 e. The monoisotopic (exact) mass is 424 g/mol. The highest BCUT2D eigenvalue weighted by Gasteiger charge is 2.36. The molecular formula is C20H20F4N4O2. The zero-order chi connectivity index (χ0) is 21.6. The van der Waals surface area contributed by atoms with Gasteiger partial charge >= 0.3 is 6.18 Å². The highest BCUT2D eigenvalue weighted by Crippen LogP contribution is 2.33. The lowest BCUT2D eigenvalue weighted by atomic mass is 10.0. The Kier molecular flexibility index (Phi) is 5.03. The van der Waals surface area contributed by atoms with E-state index in [1.165, 1.54) is 6.07 Å². The lowest BCUT2D eigenvalue weighted by Crippen LogP contribution is -2.46. The minimum atomic E-state index is -4.83. The van der Waals surface area contributed by atoms with Crippen LogP contribution in [0.15, 0.2) is 24.4 Å². The van der Waals surface area contributed by atoms with Crippen LogP contribution in [0.2, 0.25) is 0 Å². The van der Waals surface area contributed by atoms with Crippen LogP contribution < -0.4 is 4.90 Å². The number of anilines is 1. The molecule has 0 N–H and O–H groups in total. The summed E-state index contributed by atoms with van der Waals surface area (Å²) in [5.41, 5.74) is 0.109. The van der Waals surface area contributed by atoms with Gasteiger partial charge in [0.05, 0.1) is 42.7 Å². The second-order valence-electron chi connectivity index (χ2n) is 7.67. The van der Waals surface area contributed by atoms with Crippen molar-refractivity contribution in [3.8, 4) is 0 Å². The largest absolute Gasteiger partial charge is 0.419 e. The summed E-state index contributed by atoms with van der Waals surface area (Å²) in [5.74, 6) is -1.73. The maximum atomic E-state index is 13.5. The zero-order valence-electron chi connectivity index (χ0n) is 16.2. The minimum Gasteiger partial charge on any atom is -0.332 e. The van der Waals surface area contributed by atoms with Crippen LogP contribution in [-0.4, -0.2) is 39.1 Å². The second-order valence-corrected chi connectivity index (χ2v) is 7.67. The van der Waals surface area contributed by atoms with Gasteiger partial charge in [-0.15, -0.1) is 0 Å². The lowest BCUT2D eigenvalue weighted by molar-refractivity contribution is -0.140. The summed E-state index contributed by atoms with van der Waals surface area (Å²) >= 11 is 0. The van der Waals surface area contributed by atoms with Crippen molar-refractivity contribution in [2.75, 3.05) is 11.4 Å². The standard InChI is InChI=1S/C20H20F4N4O2/c1-12-10-28-17(16(9-25-28)26-6-2-3-18(26)29)11-27(12)19(30)8-13-4-5-15(21)14(7-13)20(22,23)24/h4-5,7,9,12H,2-3,6,8,10-11H2,1H3. The molecule has 1 saturated heterocycles. The average molecular weight is 424 g/mol. The molecule has 0 radical (unpaired) electrons. The van der Waals surface area contributed by atoms with Gasteiger partial charge in [-0.3, -0.25) is 14.3 Å². The van der Waals surface area contributed by atoms with Gasteiger partial charge in [0.1, 0.15) is 5.82 Å². The van der Waals surface area contributed by atoms with Crippen molar-refractivity contribution in [1.29, 1.82) is 0 Å². The van der Waals surface area contributed by atoms with E-state index < -0.39 is 17.6 Å². The molecule has 3 heterocycles. The van der Waals surface area contributed by atoms with Crippen LogP contribution in [0, 0.1) is 5.82 Å². The molecule has 2 aliphatic rings. The number of rotatable bonds is 3. The van der Waals surface area contributed by atoms with E-state index in [1.54, 1.807) is 20.7 Å². The SMILES string of the molecule is CC1Cn2ncc(N3CCCC3=O)c2CN1C(=O)Cc1ccc(F)c(C(F)(F)F)c1. The molecule has 10 heteroatoms. The minimum absolute atomic E-state index is 0.00768. The van der Waals surface area contributed by atoms with Crippen molar-refractivity contribution < 1.29 is 27.2 Å². The first-order valence-electron chi connectivity index (χ1n) is 9.65. The van der Waals surface area contributed by atoms with Gasteiger partial charge in [0, 0.05) is 19.0 Å². The van der Waals surface area contributed by atoms with Crippen LogP contribution in [-0.2, 0) is 35.3 Å². The molecule has 160 valence electrons. The molecule has 1 aromatic carbocycles. The first-order valence-corrected chi connectivity index (χ1v) is 9.65.